The van der Waals surface area contributed by atoms with Gasteiger partial charge in [-0.3, -0.25) is 14.5 Å². The fraction of sp³-hybridized carbons (Fsp3) is 0.303. The largest absolute Gasteiger partial charge is 0.360 e. The summed E-state index contributed by atoms with van der Waals surface area (Å²) in [5.74, 6) is 0.158. The number of nitrogens with zero attached hydrogens (tertiary/aromatic N) is 6. The molecule has 2 saturated heterocycles. The molecule has 0 aliphatic carbocycles. The van der Waals surface area contributed by atoms with E-state index in [0.717, 1.165) is 55.6 Å². The van der Waals surface area contributed by atoms with Crippen LogP contribution in [-0.2, 0) is 4.79 Å². The highest BCUT2D eigenvalue weighted by Crippen LogP contribution is 2.30. The van der Waals surface area contributed by atoms with Crippen molar-refractivity contribution in [2.45, 2.75) is 12.5 Å². The van der Waals surface area contributed by atoms with Crippen LogP contribution in [-0.4, -0.2) is 100 Å². The maximum absolute atomic E-state index is 13.2. The number of anilines is 2. The van der Waals surface area contributed by atoms with Crippen molar-refractivity contribution < 1.29 is 9.59 Å². The molecule has 11 nitrogen and oxygen atoms in total. The Bertz CT molecular complexity index is 1720. The van der Waals surface area contributed by atoms with Gasteiger partial charge in [-0.1, -0.05) is 24.3 Å². The van der Waals surface area contributed by atoms with E-state index in [1.807, 2.05) is 36.5 Å². The van der Waals surface area contributed by atoms with Crippen LogP contribution >= 0.6 is 0 Å². The third-order valence-electron chi connectivity index (χ3n) is 8.19. The Balaban J connectivity index is 1.03. The molecule has 2 aliphatic rings. The number of rotatable bonds is 8. The zero-order valence-electron chi connectivity index (χ0n) is 24.7. The number of H-pyrrole nitrogens is 1. The van der Waals surface area contributed by atoms with Gasteiger partial charge in [0, 0.05) is 91.8 Å². The Morgan fingerprint density at radius 1 is 1.09 bits per heavy atom. The fourth-order valence-electron chi connectivity index (χ4n) is 5.65. The molecule has 6 rings (SSSR count). The highest BCUT2D eigenvalue weighted by Gasteiger charge is 2.28. The smallest absolute Gasteiger partial charge is 0.253 e. The van der Waals surface area contributed by atoms with Crippen LogP contribution in [0.2, 0.25) is 0 Å². The molecule has 2 aromatic heterocycles. The lowest BCUT2D eigenvalue weighted by Gasteiger charge is -2.31. The quantitative estimate of drug-likeness (QED) is 0.266. The van der Waals surface area contributed by atoms with Gasteiger partial charge >= 0.3 is 0 Å². The number of fused-ring (bicyclic) bond motifs is 1. The Labute approximate surface area is 256 Å². The summed E-state index contributed by atoms with van der Waals surface area (Å²) in [5, 5.41) is 16.9. The van der Waals surface area contributed by atoms with Crippen LogP contribution in [0.3, 0.4) is 0 Å². The van der Waals surface area contributed by atoms with Crippen molar-refractivity contribution in [1.29, 1.82) is 5.26 Å². The first-order valence-electron chi connectivity index (χ1n) is 14.8. The van der Waals surface area contributed by atoms with Crippen LogP contribution in [0.1, 0.15) is 22.3 Å². The van der Waals surface area contributed by atoms with Gasteiger partial charge in [0.15, 0.2) is 0 Å². The molecular formula is C33H35N9O2. The predicted octanol–water partition coefficient (Wildman–Crippen LogP) is 3.57. The minimum atomic E-state index is -0.190. The molecule has 3 N–H and O–H groups in total. The van der Waals surface area contributed by atoms with E-state index in [-0.39, 0.29) is 17.9 Å². The van der Waals surface area contributed by atoms with Crippen molar-refractivity contribution in [2.24, 2.45) is 0 Å². The molecule has 0 saturated carbocycles. The van der Waals surface area contributed by atoms with Crippen molar-refractivity contribution in [2.75, 3.05) is 63.5 Å². The van der Waals surface area contributed by atoms with Gasteiger partial charge in [0.25, 0.3) is 5.91 Å². The first-order valence-corrected chi connectivity index (χ1v) is 14.8. The lowest BCUT2D eigenvalue weighted by atomic mass is 10.1. The van der Waals surface area contributed by atoms with Crippen molar-refractivity contribution in [3.8, 4) is 17.3 Å². The van der Waals surface area contributed by atoms with E-state index in [1.165, 1.54) is 6.20 Å². The molecule has 44 heavy (non-hydrogen) atoms. The number of carbonyl (C=O) groups excluding carboxylic acids is 2. The highest BCUT2D eigenvalue weighted by atomic mass is 16.2. The van der Waals surface area contributed by atoms with Gasteiger partial charge < -0.3 is 25.4 Å². The zero-order chi connectivity index (χ0) is 30.5. The number of benzene rings is 2. The monoisotopic (exact) mass is 589 g/mol. The van der Waals surface area contributed by atoms with Crippen molar-refractivity contribution in [3.63, 3.8) is 0 Å². The van der Waals surface area contributed by atoms with Crippen LogP contribution in [0, 0.1) is 11.3 Å². The van der Waals surface area contributed by atoms with E-state index < -0.39 is 0 Å². The molecular weight excluding hydrogens is 554 g/mol. The molecule has 1 unspecified atom stereocenters. The predicted molar refractivity (Wildman–Crippen MR) is 170 cm³/mol. The van der Waals surface area contributed by atoms with Gasteiger partial charge in [-0.25, -0.2) is 9.97 Å². The third kappa shape index (κ3) is 6.62. The average Bonchev–Trinajstić information content (AvgIpc) is 3.69. The lowest BCUT2D eigenvalue weighted by Crippen LogP contribution is -2.44. The zero-order valence-corrected chi connectivity index (χ0v) is 24.7. The molecule has 224 valence electrons. The Morgan fingerprint density at radius 2 is 1.89 bits per heavy atom. The summed E-state index contributed by atoms with van der Waals surface area (Å²) >= 11 is 0. The number of aromatic nitrogens is 3. The number of nitrogens with one attached hydrogen (secondary N) is 3. The summed E-state index contributed by atoms with van der Waals surface area (Å²) in [6, 6.07) is 17.0. The molecule has 2 amide bonds. The number of likely N-dealkylation sites (N-methyl/N-ethyl adjacent to an activating group) is 1. The fourth-order valence-corrected chi connectivity index (χ4v) is 5.65. The molecule has 0 bridgehead atoms. The standard InChI is InChI=1S/C33H35N9O2/c1-40-15-17-41(18-16-40)13-4-7-30(43)37-25-10-8-23(9-11-25)32(44)42-14-12-26(22-42)38-33-36-20-24(19-34)31(39-33)28-21-35-29-6-3-2-5-27(28)29/h2-11,20-21,26,35H,12-18,22H2,1H3,(H,37,43)(H,36,38,39). The minimum absolute atomic E-state index is 0.0288. The van der Waals surface area contributed by atoms with E-state index in [1.54, 1.807) is 35.2 Å². The van der Waals surface area contributed by atoms with Crippen LogP contribution in [0.5, 0.6) is 0 Å². The number of amides is 2. The number of aromatic amines is 1. The van der Waals surface area contributed by atoms with Gasteiger partial charge in [-0.15, -0.1) is 0 Å². The molecule has 2 aromatic carbocycles. The maximum atomic E-state index is 13.2. The van der Waals surface area contributed by atoms with Crippen LogP contribution in [0.25, 0.3) is 22.2 Å². The molecule has 0 spiro atoms. The van der Waals surface area contributed by atoms with Crippen molar-refractivity contribution >= 4 is 34.4 Å². The van der Waals surface area contributed by atoms with Gasteiger partial charge in [-0.2, -0.15) is 5.26 Å². The molecule has 1 atom stereocenters. The van der Waals surface area contributed by atoms with Gasteiger partial charge in [0.05, 0.1) is 17.5 Å². The first-order chi connectivity index (χ1) is 21.5. The summed E-state index contributed by atoms with van der Waals surface area (Å²) in [6.07, 6.45) is 7.59. The summed E-state index contributed by atoms with van der Waals surface area (Å²) in [5.41, 5.74) is 3.96. The maximum Gasteiger partial charge on any atom is 0.253 e. The number of hydrogen-bond acceptors (Lipinski definition) is 8. The molecule has 4 aromatic rings. The molecule has 11 heteroatoms. The average molecular weight is 590 g/mol. The van der Waals surface area contributed by atoms with Crippen LogP contribution in [0.4, 0.5) is 11.6 Å². The number of para-hydroxylation sites is 1. The van der Waals surface area contributed by atoms with E-state index >= 15 is 0 Å². The Morgan fingerprint density at radius 3 is 2.68 bits per heavy atom. The topological polar surface area (TPSA) is 133 Å². The minimum Gasteiger partial charge on any atom is -0.360 e. The Hall–Kier alpha value is -5.05. The highest BCUT2D eigenvalue weighted by molar-refractivity contribution is 6.00. The number of likely N-dealkylation sites (tertiary alicyclic amines) is 1. The second-order valence-electron chi connectivity index (χ2n) is 11.3. The Kier molecular flexibility index (Phi) is 8.63. The van der Waals surface area contributed by atoms with E-state index in [9.17, 15) is 14.9 Å². The third-order valence-corrected chi connectivity index (χ3v) is 8.19. The summed E-state index contributed by atoms with van der Waals surface area (Å²) in [7, 11) is 2.12. The van der Waals surface area contributed by atoms with Gasteiger partial charge in [0.1, 0.15) is 6.07 Å². The lowest BCUT2D eigenvalue weighted by molar-refractivity contribution is -0.111. The number of nitriles is 1. The second kappa shape index (κ2) is 13.1. The van der Waals surface area contributed by atoms with Crippen molar-refractivity contribution in [1.82, 2.24) is 29.7 Å². The summed E-state index contributed by atoms with van der Waals surface area (Å²) in [6.45, 7) is 5.93. The molecule has 2 fully saturated rings. The number of carbonyl (C=O) groups is 2. The van der Waals surface area contributed by atoms with E-state index in [2.05, 4.69) is 43.5 Å². The van der Waals surface area contributed by atoms with Gasteiger partial charge in [0.2, 0.25) is 11.9 Å². The summed E-state index contributed by atoms with van der Waals surface area (Å²) < 4.78 is 0. The van der Waals surface area contributed by atoms with Crippen molar-refractivity contribution in [3.05, 3.63) is 84.2 Å². The SMILES string of the molecule is CN1CCN(CC=CC(=O)Nc2ccc(C(=O)N3CCC(Nc4ncc(C#N)c(-c5c[nH]c6ccccc56)n4)C3)cc2)CC1. The number of piperazine rings is 1. The molecule has 2 aliphatic heterocycles. The molecule has 4 heterocycles. The first kappa shape index (κ1) is 29.0. The van der Waals surface area contributed by atoms with E-state index in [0.29, 0.717) is 41.5 Å². The van der Waals surface area contributed by atoms with Gasteiger partial charge in [-0.05, 0) is 43.8 Å². The van der Waals surface area contributed by atoms with Crippen LogP contribution in [0.15, 0.2) is 73.1 Å². The summed E-state index contributed by atoms with van der Waals surface area (Å²) in [4.78, 5) is 44.3. The second-order valence-corrected chi connectivity index (χ2v) is 11.3. The number of hydrogen-bond donors (Lipinski definition) is 3. The van der Waals surface area contributed by atoms with E-state index in [4.69, 9.17) is 4.98 Å². The molecule has 0 radical (unpaired) electrons. The van der Waals surface area contributed by atoms with Crippen LogP contribution < -0.4 is 10.6 Å². The normalized spacial score (nSPS) is 17.6.